The number of carbonyl (C=O) groups is 1. The van der Waals surface area contributed by atoms with E-state index in [1.54, 1.807) is 4.90 Å². The number of halogens is 3. The number of likely N-dealkylation sites (tertiary alicyclic amines) is 1. The minimum Gasteiger partial charge on any atom is -0.398 e. The molecule has 0 aliphatic carbocycles. The summed E-state index contributed by atoms with van der Waals surface area (Å²) in [6.45, 7) is 2.47. The molecule has 2 rings (SSSR count). The first-order chi connectivity index (χ1) is 9.30. The number of benzene rings is 1. The van der Waals surface area contributed by atoms with E-state index in [0.29, 0.717) is 6.54 Å². The minimum atomic E-state index is -4.48. The number of nitrogens with zero attached hydrogens (tertiary/aromatic N) is 1. The summed E-state index contributed by atoms with van der Waals surface area (Å²) in [6.07, 6.45) is -1.71. The highest BCUT2D eigenvalue weighted by Gasteiger charge is 2.33. The van der Waals surface area contributed by atoms with E-state index in [9.17, 15) is 18.0 Å². The quantitative estimate of drug-likeness (QED) is 0.805. The molecular formula is C14H17F3N2O. The molecule has 0 bridgehead atoms. The van der Waals surface area contributed by atoms with E-state index in [1.807, 2.05) is 6.92 Å². The molecular weight excluding hydrogens is 269 g/mol. The van der Waals surface area contributed by atoms with Gasteiger partial charge in [-0.3, -0.25) is 4.79 Å². The molecule has 1 aliphatic heterocycles. The number of carbonyl (C=O) groups excluding carboxylic acids is 1. The van der Waals surface area contributed by atoms with Gasteiger partial charge in [0.2, 0.25) is 0 Å². The maximum Gasteiger partial charge on any atom is 0.416 e. The largest absolute Gasteiger partial charge is 0.416 e. The predicted molar refractivity (Wildman–Crippen MR) is 70.2 cm³/mol. The number of anilines is 1. The lowest BCUT2D eigenvalue weighted by atomic mass is 10.0. The Morgan fingerprint density at radius 2 is 2.05 bits per heavy atom. The zero-order chi connectivity index (χ0) is 14.9. The molecule has 1 fully saturated rings. The number of hydrogen-bond donors (Lipinski definition) is 1. The highest BCUT2D eigenvalue weighted by Crippen LogP contribution is 2.32. The molecule has 0 radical (unpaired) electrons. The maximum absolute atomic E-state index is 12.7. The molecule has 6 heteroatoms. The monoisotopic (exact) mass is 286 g/mol. The van der Waals surface area contributed by atoms with Crippen molar-refractivity contribution in [2.45, 2.75) is 38.4 Å². The van der Waals surface area contributed by atoms with E-state index in [2.05, 4.69) is 0 Å². The zero-order valence-corrected chi connectivity index (χ0v) is 11.2. The van der Waals surface area contributed by atoms with Crippen LogP contribution in [-0.4, -0.2) is 23.4 Å². The van der Waals surface area contributed by atoms with Crippen LogP contribution >= 0.6 is 0 Å². The van der Waals surface area contributed by atoms with Gasteiger partial charge in [-0.15, -0.1) is 0 Å². The van der Waals surface area contributed by atoms with Crippen molar-refractivity contribution in [1.29, 1.82) is 0 Å². The van der Waals surface area contributed by atoms with E-state index >= 15 is 0 Å². The van der Waals surface area contributed by atoms with Crippen LogP contribution in [0.4, 0.5) is 18.9 Å². The lowest BCUT2D eigenvalue weighted by Gasteiger charge is -2.33. The summed E-state index contributed by atoms with van der Waals surface area (Å²) in [5.41, 5.74) is 4.85. The van der Waals surface area contributed by atoms with Gasteiger partial charge in [0, 0.05) is 18.3 Å². The summed E-state index contributed by atoms with van der Waals surface area (Å²) in [5, 5.41) is 0. The van der Waals surface area contributed by atoms with E-state index in [-0.39, 0.29) is 17.3 Å². The van der Waals surface area contributed by atoms with Crippen molar-refractivity contribution in [3.8, 4) is 0 Å². The molecule has 1 heterocycles. The smallest absolute Gasteiger partial charge is 0.398 e. The van der Waals surface area contributed by atoms with Crippen molar-refractivity contribution in [3.63, 3.8) is 0 Å². The number of amides is 1. The highest BCUT2D eigenvalue weighted by atomic mass is 19.4. The number of nitrogen functional groups attached to an aromatic ring is 1. The second-order valence-electron chi connectivity index (χ2n) is 5.14. The van der Waals surface area contributed by atoms with Crippen molar-refractivity contribution in [2.24, 2.45) is 0 Å². The van der Waals surface area contributed by atoms with E-state index in [4.69, 9.17) is 5.73 Å². The Bertz CT molecular complexity index is 514. The molecule has 1 atom stereocenters. The van der Waals surface area contributed by atoms with Crippen LogP contribution in [0.15, 0.2) is 18.2 Å². The van der Waals surface area contributed by atoms with Crippen LogP contribution in [0.25, 0.3) is 0 Å². The van der Waals surface area contributed by atoms with Crippen LogP contribution < -0.4 is 5.73 Å². The third-order valence-corrected chi connectivity index (χ3v) is 3.67. The average Bonchev–Trinajstić information content (AvgIpc) is 2.37. The molecule has 1 unspecified atom stereocenters. The normalized spacial score (nSPS) is 20.0. The van der Waals surface area contributed by atoms with Gasteiger partial charge in [0.25, 0.3) is 5.91 Å². The average molecular weight is 286 g/mol. The summed E-state index contributed by atoms with van der Waals surface area (Å²) in [6, 6.07) is 2.92. The molecule has 1 saturated heterocycles. The summed E-state index contributed by atoms with van der Waals surface area (Å²) in [5.74, 6) is -0.416. The molecule has 110 valence electrons. The molecule has 0 spiro atoms. The molecule has 0 saturated carbocycles. The summed E-state index contributed by atoms with van der Waals surface area (Å²) < 4.78 is 38.1. The van der Waals surface area contributed by atoms with Crippen molar-refractivity contribution in [2.75, 3.05) is 12.3 Å². The molecule has 1 aliphatic rings. The Kier molecular flexibility index (Phi) is 3.92. The second-order valence-corrected chi connectivity index (χ2v) is 5.14. The van der Waals surface area contributed by atoms with Crippen molar-refractivity contribution < 1.29 is 18.0 Å². The van der Waals surface area contributed by atoms with Gasteiger partial charge in [0.15, 0.2) is 0 Å². The Morgan fingerprint density at radius 3 is 2.65 bits per heavy atom. The first kappa shape index (κ1) is 14.7. The fraction of sp³-hybridized carbons (Fsp3) is 0.500. The Morgan fingerprint density at radius 1 is 1.35 bits per heavy atom. The topological polar surface area (TPSA) is 46.3 Å². The van der Waals surface area contributed by atoms with Gasteiger partial charge in [0.1, 0.15) is 0 Å². The molecule has 1 aromatic rings. The van der Waals surface area contributed by atoms with Gasteiger partial charge in [-0.1, -0.05) is 0 Å². The maximum atomic E-state index is 12.7. The summed E-state index contributed by atoms with van der Waals surface area (Å²) >= 11 is 0. The molecule has 1 amide bonds. The highest BCUT2D eigenvalue weighted by molar-refractivity contribution is 5.99. The van der Waals surface area contributed by atoms with E-state index < -0.39 is 17.6 Å². The van der Waals surface area contributed by atoms with Crippen LogP contribution in [0, 0.1) is 0 Å². The van der Waals surface area contributed by atoms with E-state index in [0.717, 1.165) is 37.5 Å². The van der Waals surface area contributed by atoms with Crippen molar-refractivity contribution in [3.05, 3.63) is 29.3 Å². The molecule has 0 aromatic heterocycles. The van der Waals surface area contributed by atoms with Gasteiger partial charge in [-0.25, -0.2) is 0 Å². The molecule has 20 heavy (non-hydrogen) atoms. The zero-order valence-electron chi connectivity index (χ0n) is 11.2. The number of piperidine rings is 1. The molecule has 1 aromatic carbocycles. The van der Waals surface area contributed by atoms with Gasteiger partial charge < -0.3 is 10.6 Å². The third kappa shape index (κ3) is 2.89. The summed E-state index contributed by atoms with van der Waals surface area (Å²) in [7, 11) is 0. The lowest BCUT2D eigenvalue weighted by Crippen LogP contribution is -2.42. The van der Waals surface area contributed by atoms with Gasteiger partial charge in [-0.05, 0) is 44.4 Å². The Labute approximate surface area is 115 Å². The third-order valence-electron chi connectivity index (χ3n) is 3.67. The van der Waals surface area contributed by atoms with Gasteiger partial charge in [0.05, 0.1) is 11.1 Å². The second kappa shape index (κ2) is 5.34. The van der Waals surface area contributed by atoms with Gasteiger partial charge >= 0.3 is 6.18 Å². The number of rotatable bonds is 1. The Hall–Kier alpha value is -1.72. The fourth-order valence-corrected chi connectivity index (χ4v) is 2.47. The minimum absolute atomic E-state index is 0.0326. The van der Waals surface area contributed by atoms with Crippen molar-refractivity contribution >= 4 is 11.6 Å². The fourth-order valence-electron chi connectivity index (χ4n) is 2.47. The first-order valence-electron chi connectivity index (χ1n) is 6.58. The summed E-state index contributed by atoms with van der Waals surface area (Å²) in [4.78, 5) is 14.0. The van der Waals surface area contributed by atoms with Crippen LogP contribution in [0.1, 0.15) is 42.1 Å². The van der Waals surface area contributed by atoms with Gasteiger partial charge in [-0.2, -0.15) is 13.2 Å². The first-order valence-corrected chi connectivity index (χ1v) is 6.58. The van der Waals surface area contributed by atoms with Crippen LogP contribution in [0.5, 0.6) is 0 Å². The number of alkyl halides is 3. The standard InChI is InChI=1S/C14H17F3N2O/c1-9-4-2-3-7-19(9)13(20)11-8-10(14(15,16)17)5-6-12(11)18/h5-6,8-9H,2-4,7,18H2,1H3. The number of nitrogens with two attached hydrogens (primary N) is 1. The SMILES string of the molecule is CC1CCCCN1C(=O)c1cc(C(F)(F)F)ccc1N. The molecule has 3 nitrogen and oxygen atoms in total. The van der Waals surface area contributed by atoms with Crippen molar-refractivity contribution in [1.82, 2.24) is 4.90 Å². The lowest BCUT2D eigenvalue weighted by molar-refractivity contribution is -0.137. The van der Waals surface area contributed by atoms with Crippen LogP contribution in [0.3, 0.4) is 0 Å². The van der Waals surface area contributed by atoms with Crippen LogP contribution in [-0.2, 0) is 6.18 Å². The van der Waals surface area contributed by atoms with E-state index in [1.165, 1.54) is 0 Å². The number of hydrogen-bond acceptors (Lipinski definition) is 2. The Balaban J connectivity index is 2.33. The van der Waals surface area contributed by atoms with Crippen LogP contribution in [0.2, 0.25) is 0 Å². The predicted octanol–water partition coefficient (Wildman–Crippen LogP) is 3.30. The molecule has 2 N–H and O–H groups in total.